The van der Waals surface area contributed by atoms with Crippen molar-refractivity contribution in [1.82, 2.24) is 15.0 Å². The zero-order valence-corrected chi connectivity index (χ0v) is 19.5. The summed E-state index contributed by atoms with van der Waals surface area (Å²) in [5, 5.41) is 9.02. The summed E-state index contributed by atoms with van der Waals surface area (Å²) < 4.78 is 33.3. The summed E-state index contributed by atoms with van der Waals surface area (Å²) in [5.74, 6) is 0.131. The summed E-state index contributed by atoms with van der Waals surface area (Å²) >= 11 is 2.28. The predicted molar refractivity (Wildman–Crippen MR) is 119 cm³/mol. The van der Waals surface area contributed by atoms with Gasteiger partial charge in [-0.2, -0.15) is 4.72 Å². The standard InChI is InChI=1S/C19H22N4O5S3/c1-11(2)17(23-31(26,27)16-5-4-8-29-16)18(25)22-19-21-14(10-30-19)15-7-6-13(28-15)9-20-12(3)24/h4-8,10-11,17,23H,9H2,1-3H3,(H,20,24)(H,21,22,25)/t17-/m1/s1. The number of anilines is 1. The molecule has 0 unspecified atom stereocenters. The summed E-state index contributed by atoms with van der Waals surface area (Å²) in [6.45, 7) is 5.20. The lowest BCUT2D eigenvalue weighted by Crippen LogP contribution is -2.46. The largest absolute Gasteiger partial charge is 0.458 e. The van der Waals surface area contributed by atoms with Gasteiger partial charge in [-0.05, 0) is 29.5 Å². The molecule has 0 fully saturated rings. The molecule has 0 saturated heterocycles. The van der Waals surface area contributed by atoms with Crippen LogP contribution in [-0.2, 0) is 26.2 Å². The Labute approximate surface area is 187 Å². The molecule has 2 amide bonds. The first-order valence-electron chi connectivity index (χ1n) is 9.31. The smallest absolute Gasteiger partial charge is 0.250 e. The fourth-order valence-electron chi connectivity index (χ4n) is 2.58. The van der Waals surface area contributed by atoms with Crippen LogP contribution in [0, 0.1) is 5.92 Å². The minimum absolute atomic E-state index is 0.148. The highest BCUT2D eigenvalue weighted by Gasteiger charge is 2.29. The first-order valence-corrected chi connectivity index (χ1v) is 12.6. The molecule has 166 valence electrons. The number of rotatable bonds is 9. The molecule has 0 aliphatic carbocycles. The normalized spacial score (nSPS) is 12.6. The lowest BCUT2D eigenvalue weighted by molar-refractivity contribution is -0.119. The van der Waals surface area contributed by atoms with Crippen molar-refractivity contribution in [1.29, 1.82) is 0 Å². The number of hydrogen-bond acceptors (Lipinski definition) is 8. The first-order chi connectivity index (χ1) is 14.7. The Balaban J connectivity index is 1.68. The van der Waals surface area contributed by atoms with Crippen molar-refractivity contribution in [3.63, 3.8) is 0 Å². The van der Waals surface area contributed by atoms with Crippen molar-refractivity contribution >= 4 is 49.6 Å². The van der Waals surface area contributed by atoms with E-state index in [1.54, 1.807) is 42.8 Å². The van der Waals surface area contributed by atoms with Crippen LogP contribution in [0.25, 0.3) is 11.5 Å². The highest BCUT2D eigenvalue weighted by molar-refractivity contribution is 7.91. The van der Waals surface area contributed by atoms with Gasteiger partial charge in [0.25, 0.3) is 10.0 Å². The van der Waals surface area contributed by atoms with Crippen LogP contribution in [0.2, 0.25) is 0 Å². The fourth-order valence-corrected chi connectivity index (χ4v) is 5.64. The second-order valence-electron chi connectivity index (χ2n) is 6.98. The number of thiophene rings is 1. The van der Waals surface area contributed by atoms with E-state index in [-0.39, 0.29) is 22.6 Å². The Morgan fingerprint density at radius 3 is 2.61 bits per heavy atom. The van der Waals surface area contributed by atoms with Crippen LogP contribution in [0.1, 0.15) is 26.5 Å². The van der Waals surface area contributed by atoms with Gasteiger partial charge >= 0.3 is 0 Å². The number of nitrogens with zero attached hydrogens (tertiary/aromatic N) is 1. The van der Waals surface area contributed by atoms with Crippen molar-refractivity contribution in [2.75, 3.05) is 5.32 Å². The van der Waals surface area contributed by atoms with E-state index < -0.39 is 22.0 Å². The van der Waals surface area contributed by atoms with Crippen LogP contribution in [0.5, 0.6) is 0 Å². The maximum absolute atomic E-state index is 12.8. The third-order valence-electron chi connectivity index (χ3n) is 4.15. The SMILES string of the molecule is CC(=O)NCc1ccc(-c2csc(NC(=O)[C@H](NS(=O)(=O)c3cccs3)C(C)C)n2)o1. The highest BCUT2D eigenvalue weighted by Crippen LogP contribution is 2.27. The van der Waals surface area contributed by atoms with Gasteiger partial charge in [0.15, 0.2) is 10.9 Å². The quantitative estimate of drug-likeness (QED) is 0.430. The third kappa shape index (κ3) is 6.00. The molecule has 31 heavy (non-hydrogen) atoms. The van der Waals surface area contributed by atoms with Gasteiger partial charge in [-0.3, -0.25) is 9.59 Å². The Kier molecular flexibility index (Phi) is 7.26. The molecule has 0 aliphatic rings. The van der Waals surface area contributed by atoms with Crippen LogP contribution < -0.4 is 15.4 Å². The zero-order chi connectivity index (χ0) is 22.6. The lowest BCUT2D eigenvalue weighted by Gasteiger charge is -2.20. The number of amides is 2. The van der Waals surface area contributed by atoms with Crippen LogP contribution in [-0.4, -0.2) is 31.3 Å². The number of carbonyl (C=O) groups is 2. The topological polar surface area (TPSA) is 130 Å². The summed E-state index contributed by atoms with van der Waals surface area (Å²) in [7, 11) is -3.80. The molecular weight excluding hydrogens is 460 g/mol. The van der Waals surface area contributed by atoms with Crippen LogP contribution in [0.4, 0.5) is 5.13 Å². The van der Waals surface area contributed by atoms with Gasteiger partial charge in [0, 0.05) is 12.3 Å². The number of sulfonamides is 1. The Hall–Kier alpha value is -2.54. The van der Waals surface area contributed by atoms with E-state index in [9.17, 15) is 18.0 Å². The van der Waals surface area contributed by atoms with E-state index in [0.29, 0.717) is 22.3 Å². The zero-order valence-electron chi connectivity index (χ0n) is 17.0. The van der Waals surface area contributed by atoms with Gasteiger partial charge in [-0.25, -0.2) is 13.4 Å². The van der Waals surface area contributed by atoms with E-state index in [1.807, 2.05) is 0 Å². The van der Waals surface area contributed by atoms with Gasteiger partial charge in [0.2, 0.25) is 11.8 Å². The van der Waals surface area contributed by atoms with Gasteiger partial charge in [-0.15, -0.1) is 22.7 Å². The average Bonchev–Trinajstić information content (AvgIpc) is 3.45. The number of nitrogens with one attached hydrogen (secondary N) is 3. The van der Waals surface area contributed by atoms with Gasteiger partial charge in [-0.1, -0.05) is 19.9 Å². The van der Waals surface area contributed by atoms with Gasteiger partial charge < -0.3 is 15.1 Å². The maximum atomic E-state index is 12.8. The minimum atomic E-state index is -3.80. The maximum Gasteiger partial charge on any atom is 0.250 e. The summed E-state index contributed by atoms with van der Waals surface area (Å²) in [4.78, 5) is 28.1. The van der Waals surface area contributed by atoms with Crippen molar-refractivity contribution < 1.29 is 22.4 Å². The minimum Gasteiger partial charge on any atom is -0.458 e. The molecule has 0 aliphatic heterocycles. The Morgan fingerprint density at radius 1 is 1.19 bits per heavy atom. The molecule has 3 aromatic rings. The average molecular weight is 483 g/mol. The van der Waals surface area contributed by atoms with Gasteiger partial charge in [0.1, 0.15) is 21.7 Å². The molecule has 0 bridgehead atoms. The van der Waals surface area contributed by atoms with E-state index in [0.717, 1.165) is 11.3 Å². The predicted octanol–water partition coefficient (Wildman–Crippen LogP) is 3.04. The summed E-state index contributed by atoms with van der Waals surface area (Å²) in [6.07, 6.45) is 0. The van der Waals surface area contributed by atoms with Crippen LogP contribution in [0.3, 0.4) is 0 Å². The summed E-state index contributed by atoms with van der Waals surface area (Å²) in [6, 6.07) is 5.61. The first kappa shape index (κ1) is 23.1. The molecule has 1 atom stereocenters. The molecule has 3 rings (SSSR count). The lowest BCUT2D eigenvalue weighted by atomic mass is 10.1. The van der Waals surface area contributed by atoms with Crippen molar-refractivity contribution in [3.05, 3.63) is 40.8 Å². The van der Waals surface area contributed by atoms with Crippen molar-refractivity contribution in [3.8, 4) is 11.5 Å². The van der Waals surface area contributed by atoms with Crippen molar-refractivity contribution in [2.45, 2.75) is 37.6 Å². The second kappa shape index (κ2) is 9.73. The molecule has 0 aromatic carbocycles. The molecule has 0 radical (unpaired) electrons. The van der Waals surface area contributed by atoms with Crippen LogP contribution >= 0.6 is 22.7 Å². The molecule has 3 aromatic heterocycles. The fraction of sp³-hybridized carbons (Fsp3) is 0.316. The number of furan rings is 1. The Morgan fingerprint density at radius 2 is 1.97 bits per heavy atom. The van der Waals surface area contributed by atoms with E-state index in [4.69, 9.17) is 4.42 Å². The number of aromatic nitrogens is 1. The monoisotopic (exact) mass is 482 g/mol. The number of thiazole rings is 1. The van der Waals surface area contributed by atoms with Crippen molar-refractivity contribution in [2.24, 2.45) is 5.92 Å². The van der Waals surface area contributed by atoms with E-state index >= 15 is 0 Å². The molecule has 3 N–H and O–H groups in total. The third-order valence-corrected chi connectivity index (χ3v) is 7.75. The van der Waals surface area contributed by atoms with Gasteiger partial charge in [0.05, 0.1) is 6.54 Å². The molecular formula is C19H22N4O5S3. The molecule has 3 heterocycles. The highest BCUT2D eigenvalue weighted by atomic mass is 32.2. The Bertz CT molecular complexity index is 1150. The molecule has 0 saturated carbocycles. The second-order valence-corrected chi connectivity index (χ2v) is 10.7. The van der Waals surface area contributed by atoms with E-state index in [2.05, 4.69) is 20.3 Å². The molecule has 12 heteroatoms. The number of hydrogen-bond donors (Lipinski definition) is 3. The molecule has 0 spiro atoms. The van der Waals surface area contributed by atoms with E-state index in [1.165, 1.54) is 24.3 Å². The number of carbonyl (C=O) groups excluding carboxylic acids is 2. The molecule has 9 nitrogen and oxygen atoms in total. The van der Waals surface area contributed by atoms with Crippen LogP contribution in [0.15, 0.2) is 43.7 Å². The summed E-state index contributed by atoms with van der Waals surface area (Å²) in [5.41, 5.74) is 0.523.